The number of piperidine rings is 1. The summed E-state index contributed by atoms with van der Waals surface area (Å²) in [5.41, 5.74) is 1.54. The van der Waals surface area contributed by atoms with E-state index in [9.17, 15) is 0 Å². The van der Waals surface area contributed by atoms with Crippen LogP contribution in [0.4, 0.5) is 0 Å². The van der Waals surface area contributed by atoms with E-state index in [1.165, 1.54) is 29.1 Å². The number of hydrogen-bond acceptors (Lipinski definition) is 3. The number of nitrogens with zero attached hydrogens (tertiary/aromatic N) is 1. The van der Waals surface area contributed by atoms with Crippen molar-refractivity contribution in [3.63, 3.8) is 0 Å². The summed E-state index contributed by atoms with van der Waals surface area (Å²) in [5.74, 6) is 0.842. The van der Waals surface area contributed by atoms with Gasteiger partial charge in [0.15, 0.2) is 0 Å². The lowest BCUT2D eigenvalue weighted by molar-refractivity contribution is 0.106. The van der Waals surface area contributed by atoms with Crippen LogP contribution in [0.25, 0.3) is 0 Å². The second-order valence-electron chi connectivity index (χ2n) is 5.91. The normalized spacial score (nSPS) is 24.8. The highest BCUT2D eigenvalue weighted by atomic mass is 32.1. The molecule has 2 nitrogen and oxygen atoms in total. The number of nitrogens with one attached hydrogen (secondary N) is 1. The Balaban J connectivity index is 2.00. The Bertz CT molecular complexity index is 399. The number of thiophene rings is 1. The molecule has 1 aromatic heterocycles. The van der Waals surface area contributed by atoms with Gasteiger partial charge in [0.2, 0.25) is 0 Å². The van der Waals surface area contributed by atoms with E-state index >= 15 is 0 Å². The summed E-state index contributed by atoms with van der Waals surface area (Å²) in [5, 5.41) is 3.42. The Kier molecular flexibility index (Phi) is 5.43. The van der Waals surface area contributed by atoms with Crippen LogP contribution in [0.5, 0.6) is 0 Å². The molecule has 0 radical (unpaired) electrons. The molecule has 0 aliphatic carbocycles. The predicted molar refractivity (Wildman–Crippen MR) is 84.7 cm³/mol. The van der Waals surface area contributed by atoms with Crippen molar-refractivity contribution in [3.05, 3.63) is 21.4 Å². The van der Waals surface area contributed by atoms with Crippen LogP contribution in [0, 0.1) is 12.8 Å². The predicted octanol–water partition coefficient (Wildman–Crippen LogP) is 3.79. The molecule has 19 heavy (non-hydrogen) atoms. The molecule has 2 atom stereocenters. The Labute approximate surface area is 122 Å². The van der Waals surface area contributed by atoms with Gasteiger partial charge in [0.05, 0.1) is 0 Å². The van der Waals surface area contributed by atoms with Crippen molar-refractivity contribution in [1.29, 1.82) is 0 Å². The maximum Gasteiger partial charge on any atom is 0.0299 e. The van der Waals surface area contributed by atoms with Crippen molar-refractivity contribution in [1.82, 2.24) is 10.2 Å². The Morgan fingerprint density at radius 2 is 2.21 bits per heavy atom. The topological polar surface area (TPSA) is 15.3 Å². The van der Waals surface area contributed by atoms with Crippen LogP contribution in [0.3, 0.4) is 0 Å². The van der Waals surface area contributed by atoms with E-state index in [0.717, 1.165) is 31.6 Å². The second-order valence-corrected chi connectivity index (χ2v) is 7.25. The van der Waals surface area contributed by atoms with E-state index < -0.39 is 0 Å². The zero-order valence-electron chi connectivity index (χ0n) is 12.8. The highest BCUT2D eigenvalue weighted by Crippen LogP contribution is 2.28. The third-order valence-corrected chi connectivity index (χ3v) is 5.59. The van der Waals surface area contributed by atoms with Crippen molar-refractivity contribution in [2.75, 3.05) is 13.1 Å². The highest BCUT2D eigenvalue weighted by Gasteiger charge is 2.25. The molecule has 1 aromatic rings. The summed E-state index contributed by atoms with van der Waals surface area (Å²) in [6, 6.07) is 3.14. The summed E-state index contributed by atoms with van der Waals surface area (Å²) in [4.78, 5) is 5.64. The lowest BCUT2D eigenvalue weighted by Gasteiger charge is -2.37. The summed E-state index contributed by atoms with van der Waals surface area (Å²) in [6.45, 7) is 13.7. The van der Waals surface area contributed by atoms with Gasteiger partial charge >= 0.3 is 0 Å². The van der Waals surface area contributed by atoms with Crippen LogP contribution in [0.1, 0.15) is 48.9 Å². The zero-order valence-corrected chi connectivity index (χ0v) is 13.6. The minimum absolute atomic E-state index is 0.727. The smallest absolute Gasteiger partial charge is 0.0299 e. The van der Waals surface area contributed by atoms with Crippen LogP contribution in [0.2, 0.25) is 0 Å². The standard InChI is InChI=1S/C16H28N2S/c1-5-17-10-16-9-15(14(4)19-16)11-18-8-6-7-12(2)13(18)3/h9,12-13,17H,5-8,10-11H2,1-4H3. The van der Waals surface area contributed by atoms with Gasteiger partial charge in [0, 0.05) is 28.9 Å². The average Bonchev–Trinajstić information content (AvgIpc) is 2.73. The van der Waals surface area contributed by atoms with Crippen molar-refractivity contribution in [3.8, 4) is 0 Å². The van der Waals surface area contributed by atoms with E-state index in [4.69, 9.17) is 0 Å². The molecule has 3 heteroatoms. The van der Waals surface area contributed by atoms with Gasteiger partial charge in [-0.25, -0.2) is 0 Å². The molecule has 0 spiro atoms. The minimum Gasteiger partial charge on any atom is -0.312 e. The summed E-state index contributed by atoms with van der Waals surface area (Å²) in [7, 11) is 0. The van der Waals surface area contributed by atoms with E-state index in [0.29, 0.717) is 0 Å². The van der Waals surface area contributed by atoms with E-state index in [2.05, 4.69) is 44.0 Å². The monoisotopic (exact) mass is 280 g/mol. The van der Waals surface area contributed by atoms with Crippen molar-refractivity contribution >= 4 is 11.3 Å². The van der Waals surface area contributed by atoms with Gasteiger partial charge in [-0.15, -0.1) is 11.3 Å². The first-order valence-electron chi connectivity index (χ1n) is 7.64. The van der Waals surface area contributed by atoms with Crippen molar-refractivity contribution < 1.29 is 0 Å². The molecule has 2 unspecified atom stereocenters. The van der Waals surface area contributed by atoms with Crippen LogP contribution in [0.15, 0.2) is 6.07 Å². The number of likely N-dealkylation sites (tertiary alicyclic amines) is 1. The average molecular weight is 280 g/mol. The molecular weight excluding hydrogens is 252 g/mol. The van der Waals surface area contributed by atoms with Gasteiger partial charge < -0.3 is 5.32 Å². The Morgan fingerprint density at radius 3 is 2.95 bits per heavy atom. The Hall–Kier alpha value is -0.380. The number of rotatable bonds is 5. The lowest BCUT2D eigenvalue weighted by atomic mass is 9.92. The molecule has 1 aliphatic heterocycles. The number of hydrogen-bond donors (Lipinski definition) is 1. The van der Waals surface area contributed by atoms with Gasteiger partial charge in [0.25, 0.3) is 0 Å². The SMILES string of the molecule is CCNCc1cc(CN2CCCC(C)C2C)c(C)s1. The van der Waals surface area contributed by atoms with Gasteiger partial charge in [0.1, 0.15) is 0 Å². The molecule has 1 saturated heterocycles. The van der Waals surface area contributed by atoms with Gasteiger partial charge in [-0.05, 0) is 57.3 Å². The van der Waals surface area contributed by atoms with Crippen LogP contribution in [-0.2, 0) is 13.1 Å². The van der Waals surface area contributed by atoms with Gasteiger partial charge in [-0.1, -0.05) is 13.8 Å². The summed E-state index contributed by atoms with van der Waals surface area (Å²) >= 11 is 1.96. The quantitative estimate of drug-likeness (QED) is 0.883. The second kappa shape index (κ2) is 6.87. The molecule has 2 rings (SSSR count). The molecule has 0 amide bonds. The Morgan fingerprint density at radius 1 is 1.42 bits per heavy atom. The van der Waals surface area contributed by atoms with E-state index in [1.54, 1.807) is 5.56 Å². The van der Waals surface area contributed by atoms with E-state index in [1.807, 2.05) is 11.3 Å². The number of aryl methyl sites for hydroxylation is 1. The highest BCUT2D eigenvalue weighted by molar-refractivity contribution is 7.12. The molecule has 2 heterocycles. The van der Waals surface area contributed by atoms with Crippen LogP contribution in [-0.4, -0.2) is 24.0 Å². The third-order valence-electron chi connectivity index (χ3n) is 4.50. The maximum absolute atomic E-state index is 3.42. The molecule has 1 N–H and O–H groups in total. The van der Waals surface area contributed by atoms with E-state index in [-0.39, 0.29) is 0 Å². The minimum atomic E-state index is 0.727. The third kappa shape index (κ3) is 3.80. The molecule has 0 bridgehead atoms. The fourth-order valence-electron chi connectivity index (χ4n) is 2.94. The van der Waals surface area contributed by atoms with Crippen molar-refractivity contribution in [2.45, 2.75) is 59.7 Å². The van der Waals surface area contributed by atoms with Crippen molar-refractivity contribution in [2.24, 2.45) is 5.92 Å². The zero-order chi connectivity index (χ0) is 13.8. The summed E-state index contributed by atoms with van der Waals surface area (Å²) in [6.07, 6.45) is 2.75. The maximum atomic E-state index is 3.42. The molecule has 1 aliphatic rings. The molecular formula is C16H28N2S. The fraction of sp³-hybridized carbons (Fsp3) is 0.750. The van der Waals surface area contributed by atoms with Crippen LogP contribution < -0.4 is 5.32 Å². The van der Waals surface area contributed by atoms with Gasteiger partial charge in [-0.2, -0.15) is 0 Å². The largest absolute Gasteiger partial charge is 0.312 e. The first kappa shape index (κ1) is 15.0. The molecule has 108 valence electrons. The fourth-order valence-corrected chi connectivity index (χ4v) is 3.97. The van der Waals surface area contributed by atoms with Crippen LogP contribution >= 0.6 is 11.3 Å². The molecule has 0 saturated carbocycles. The molecule has 0 aromatic carbocycles. The molecule has 1 fully saturated rings. The lowest BCUT2D eigenvalue weighted by Crippen LogP contribution is -2.41. The first-order valence-corrected chi connectivity index (χ1v) is 8.46. The first-order chi connectivity index (χ1) is 9.11. The summed E-state index contributed by atoms with van der Waals surface area (Å²) < 4.78 is 0. The van der Waals surface area contributed by atoms with Gasteiger partial charge in [-0.3, -0.25) is 4.90 Å².